The van der Waals surface area contributed by atoms with Crippen molar-refractivity contribution in [2.75, 3.05) is 24.6 Å². The van der Waals surface area contributed by atoms with Crippen LogP contribution in [-0.4, -0.2) is 46.2 Å². The number of hydrogen-bond donors (Lipinski definition) is 1. The van der Waals surface area contributed by atoms with E-state index in [0.29, 0.717) is 24.2 Å². The van der Waals surface area contributed by atoms with E-state index in [9.17, 15) is 4.79 Å². The van der Waals surface area contributed by atoms with Crippen LogP contribution in [0.2, 0.25) is 0 Å². The molecule has 2 aliphatic rings. The number of rotatable bonds is 5. The molecule has 2 fully saturated rings. The van der Waals surface area contributed by atoms with Gasteiger partial charge in [0.2, 0.25) is 0 Å². The van der Waals surface area contributed by atoms with Crippen LogP contribution < -0.4 is 39.2 Å². The molecule has 22 heavy (non-hydrogen) atoms. The molecule has 0 aromatic carbocycles. The molecule has 2 N–H and O–H groups in total. The maximum absolute atomic E-state index is 11.0. The number of hydrogen-bond acceptors (Lipinski definition) is 6. The van der Waals surface area contributed by atoms with Crippen molar-refractivity contribution in [1.29, 1.82) is 0 Å². The summed E-state index contributed by atoms with van der Waals surface area (Å²) in [4.78, 5) is 21.5. The SMILES string of the molecule is O=C(O)c1cnc(N2CCCC2)c(OCC2CCC2)n1.[Na+].[OH-]. The third-order valence-electron chi connectivity index (χ3n) is 4.03. The number of anilines is 1. The summed E-state index contributed by atoms with van der Waals surface area (Å²) < 4.78 is 5.77. The molecule has 1 saturated carbocycles. The second-order valence-corrected chi connectivity index (χ2v) is 5.49. The van der Waals surface area contributed by atoms with E-state index in [1.165, 1.54) is 25.5 Å². The van der Waals surface area contributed by atoms with Crippen LogP contribution in [0.15, 0.2) is 6.20 Å². The zero-order valence-corrected chi connectivity index (χ0v) is 14.9. The third kappa shape index (κ3) is 4.32. The molecule has 1 aliphatic heterocycles. The van der Waals surface area contributed by atoms with Gasteiger partial charge in [0.1, 0.15) is 0 Å². The Morgan fingerprint density at radius 2 is 2.00 bits per heavy atom. The van der Waals surface area contributed by atoms with Crippen molar-refractivity contribution in [3.8, 4) is 5.88 Å². The van der Waals surface area contributed by atoms with Gasteiger partial charge in [-0.2, -0.15) is 0 Å². The molecule has 7 nitrogen and oxygen atoms in total. The standard InChI is InChI=1S/C14H19N3O3.Na.H2O/c18-14(19)11-8-15-12(17-6-1-2-7-17)13(16-11)20-9-10-4-3-5-10;;/h8,10H,1-7,9H2,(H,18,19);;1H2/q;+1;/p-1. The summed E-state index contributed by atoms with van der Waals surface area (Å²) in [5, 5.41) is 9.03. The molecular weight excluding hydrogens is 297 g/mol. The van der Waals surface area contributed by atoms with Crippen LogP contribution in [0.25, 0.3) is 0 Å². The number of carboxylic acids is 1. The van der Waals surface area contributed by atoms with Crippen LogP contribution >= 0.6 is 0 Å². The molecule has 0 bridgehead atoms. The monoisotopic (exact) mass is 317 g/mol. The van der Waals surface area contributed by atoms with Crippen molar-refractivity contribution in [3.63, 3.8) is 0 Å². The predicted molar refractivity (Wildman–Crippen MR) is 75.2 cm³/mol. The van der Waals surface area contributed by atoms with Gasteiger partial charge in [0.15, 0.2) is 11.5 Å². The fraction of sp³-hybridized carbons (Fsp3) is 0.643. The minimum Gasteiger partial charge on any atom is -0.870 e. The maximum atomic E-state index is 11.0. The molecule has 2 heterocycles. The van der Waals surface area contributed by atoms with Crippen molar-refractivity contribution in [1.82, 2.24) is 9.97 Å². The Labute approximate surface area is 151 Å². The van der Waals surface area contributed by atoms with Gasteiger partial charge in [-0.25, -0.2) is 14.8 Å². The summed E-state index contributed by atoms with van der Waals surface area (Å²) in [6.07, 6.45) is 7.20. The molecule has 1 saturated heterocycles. The Kier molecular flexibility index (Phi) is 7.55. The van der Waals surface area contributed by atoms with Crippen molar-refractivity contribution >= 4 is 11.8 Å². The van der Waals surface area contributed by atoms with Crippen molar-refractivity contribution in [3.05, 3.63) is 11.9 Å². The summed E-state index contributed by atoms with van der Waals surface area (Å²) in [5.41, 5.74) is -0.0587. The van der Waals surface area contributed by atoms with Gasteiger partial charge in [-0.1, -0.05) is 6.42 Å². The van der Waals surface area contributed by atoms with Crippen LogP contribution in [0.5, 0.6) is 5.88 Å². The first-order valence-electron chi connectivity index (χ1n) is 7.22. The Hall–Kier alpha value is -0.890. The van der Waals surface area contributed by atoms with E-state index in [0.717, 1.165) is 25.9 Å². The smallest absolute Gasteiger partial charge is 0.870 e. The number of carboxylic acid groups (broad SMARTS) is 1. The van der Waals surface area contributed by atoms with Gasteiger partial charge in [-0.15, -0.1) is 0 Å². The summed E-state index contributed by atoms with van der Waals surface area (Å²) in [7, 11) is 0. The average Bonchev–Trinajstić information content (AvgIpc) is 2.90. The predicted octanol–water partition coefficient (Wildman–Crippen LogP) is -1.22. The van der Waals surface area contributed by atoms with Crippen LogP contribution in [-0.2, 0) is 0 Å². The average molecular weight is 317 g/mol. The quantitative estimate of drug-likeness (QED) is 0.679. The number of nitrogens with zero attached hydrogens (tertiary/aromatic N) is 3. The molecule has 8 heteroatoms. The number of carbonyl (C=O) groups is 1. The molecule has 3 rings (SSSR count). The second-order valence-electron chi connectivity index (χ2n) is 5.49. The number of aromatic carboxylic acids is 1. The van der Waals surface area contributed by atoms with Gasteiger partial charge in [0, 0.05) is 13.1 Å². The second kappa shape index (κ2) is 8.67. The van der Waals surface area contributed by atoms with Gasteiger partial charge >= 0.3 is 35.5 Å². The molecule has 0 amide bonds. The Morgan fingerprint density at radius 1 is 1.32 bits per heavy atom. The zero-order chi connectivity index (χ0) is 13.9. The number of aromatic nitrogens is 2. The molecule has 1 aliphatic carbocycles. The van der Waals surface area contributed by atoms with E-state index < -0.39 is 5.97 Å². The topological polar surface area (TPSA) is 106 Å². The van der Waals surface area contributed by atoms with E-state index in [-0.39, 0.29) is 40.7 Å². The Balaban J connectivity index is 0.00000121. The zero-order valence-electron chi connectivity index (χ0n) is 12.9. The first-order valence-corrected chi connectivity index (χ1v) is 7.22. The van der Waals surface area contributed by atoms with Crippen molar-refractivity contribution in [2.24, 2.45) is 5.92 Å². The van der Waals surface area contributed by atoms with Gasteiger partial charge in [0.25, 0.3) is 5.88 Å². The molecule has 116 valence electrons. The van der Waals surface area contributed by atoms with Crippen molar-refractivity contribution < 1.29 is 49.7 Å². The molecule has 0 radical (unpaired) electrons. The maximum Gasteiger partial charge on any atom is 1.00 e. The molecule has 0 spiro atoms. The van der Waals surface area contributed by atoms with Crippen LogP contribution in [0.1, 0.15) is 42.6 Å². The van der Waals surface area contributed by atoms with E-state index in [4.69, 9.17) is 9.84 Å². The van der Waals surface area contributed by atoms with Gasteiger partial charge in [-0.05, 0) is 31.6 Å². The summed E-state index contributed by atoms with van der Waals surface area (Å²) in [5.74, 6) is 0.571. The fourth-order valence-corrected chi connectivity index (χ4v) is 2.57. The van der Waals surface area contributed by atoms with Crippen LogP contribution in [0.3, 0.4) is 0 Å². The minimum absolute atomic E-state index is 0. The first-order chi connectivity index (χ1) is 9.74. The molecular formula is C14H20N3NaO4. The normalized spacial score (nSPS) is 17.2. The molecule has 0 atom stereocenters. The summed E-state index contributed by atoms with van der Waals surface area (Å²) >= 11 is 0. The van der Waals surface area contributed by atoms with E-state index in [1.807, 2.05) is 0 Å². The fourth-order valence-electron chi connectivity index (χ4n) is 2.57. The molecule has 0 unspecified atom stereocenters. The largest absolute Gasteiger partial charge is 1.00 e. The molecule has 1 aromatic rings. The molecule has 1 aromatic heterocycles. The third-order valence-corrected chi connectivity index (χ3v) is 4.03. The van der Waals surface area contributed by atoms with Gasteiger partial charge in [-0.3, -0.25) is 0 Å². The Morgan fingerprint density at radius 3 is 2.55 bits per heavy atom. The van der Waals surface area contributed by atoms with Crippen molar-refractivity contribution in [2.45, 2.75) is 32.1 Å². The van der Waals surface area contributed by atoms with E-state index in [1.54, 1.807) is 0 Å². The van der Waals surface area contributed by atoms with Gasteiger partial charge < -0.3 is 20.2 Å². The summed E-state index contributed by atoms with van der Waals surface area (Å²) in [6.45, 7) is 2.47. The first kappa shape index (κ1) is 19.2. The van der Waals surface area contributed by atoms with Crippen LogP contribution in [0.4, 0.5) is 5.82 Å². The minimum atomic E-state index is -1.07. The van der Waals surface area contributed by atoms with E-state index in [2.05, 4.69) is 14.9 Å². The summed E-state index contributed by atoms with van der Waals surface area (Å²) in [6, 6.07) is 0. The Bertz CT molecular complexity index is 505. The van der Waals surface area contributed by atoms with Gasteiger partial charge in [0.05, 0.1) is 12.8 Å². The number of ether oxygens (including phenoxy) is 1. The van der Waals surface area contributed by atoms with Crippen LogP contribution in [0, 0.1) is 5.92 Å². The van der Waals surface area contributed by atoms with E-state index >= 15 is 0 Å².